The third-order valence-electron chi connectivity index (χ3n) is 4.03. The molecule has 0 unspecified atom stereocenters. The van der Waals surface area contributed by atoms with Crippen LogP contribution in [0.3, 0.4) is 0 Å². The van der Waals surface area contributed by atoms with Crippen LogP contribution in [0.5, 0.6) is 0 Å². The third kappa shape index (κ3) is 4.95. The number of nitriles is 1. The zero-order valence-electron chi connectivity index (χ0n) is 15.4. The molecule has 0 aliphatic heterocycles. The Balaban J connectivity index is 0.00000117. The molecule has 2 heteroatoms. The molecule has 0 atom stereocenters. The third-order valence-corrected chi connectivity index (χ3v) is 4.03. The minimum atomic E-state index is -0.494. The highest BCUT2D eigenvalue weighted by atomic mass is 19.1. The number of allylic oxidation sites excluding steroid dienone is 4. The lowest BCUT2D eigenvalue weighted by Gasteiger charge is -2.06. The van der Waals surface area contributed by atoms with E-state index in [0.717, 1.165) is 35.1 Å². The maximum atomic E-state index is 13.7. The lowest BCUT2D eigenvalue weighted by molar-refractivity contribution is 0.624. The van der Waals surface area contributed by atoms with Gasteiger partial charge in [0.2, 0.25) is 0 Å². The van der Waals surface area contributed by atoms with E-state index >= 15 is 0 Å². The summed E-state index contributed by atoms with van der Waals surface area (Å²) in [5.74, 6) is 5.89. The van der Waals surface area contributed by atoms with Crippen molar-refractivity contribution >= 4 is 0 Å². The summed E-state index contributed by atoms with van der Waals surface area (Å²) in [4.78, 5) is 0. The molecular weight excluding hydrogens is 321 g/mol. The Hall–Kier alpha value is -3.10. The number of rotatable bonds is 1. The molecule has 2 aromatic rings. The second-order valence-electron chi connectivity index (χ2n) is 5.84. The summed E-state index contributed by atoms with van der Waals surface area (Å²) in [6, 6.07) is 14.2. The molecule has 0 amide bonds. The summed E-state index contributed by atoms with van der Waals surface area (Å²) >= 11 is 0. The van der Waals surface area contributed by atoms with E-state index in [-0.39, 0.29) is 5.56 Å². The molecule has 0 heterocycles. The number of halogens is 1. The molecule has 1 aliphatic rings. The SMILES string of the molecule is CC.CC1=CC=C(C#Cc2ccc(-c3ccc(C#N)c(F)c3)cc2)CC1. The van der Waals surface area contributed by atoms with Crippen LogP contribution in [0.1, 0.15) is 44.7 Å². The molecule has 0 N–H and O–H groups in total. The molecule has 0 fully saturated rings. The summed E-state index contributed by atoms with van der Waals surface area (Å²) in [5, 5.41) is 8.78. The fourth-order valence-corrected chi connectivity index (χ4v) is 2.53. The van der Waals surface area contributed by atoms with Crippen molar-refractivity contribution in [2.45, 2.75) is 33.6 Å². The molecule has 26 heavy (non-hydrogen) atoms. The Bertz CT molecular complexity index is 929. The quantitative estimate of drug-likeness (QED) is 0.549. The van der Waals surface area contributed by atoms with Crippen LogP contribution in [0.15, 0.2) is 65.8 Å². The maximum Gasteiger partial charge on any atom is 0.141 e. The average Bonchev–Trinajstić information content (AvgIpc) is 2.69. The molecule has 3 rings (SSSR count). The van der Waals surface area contributed by atoms with Crippen molar-refractivity contribution in [2.24, 2.45) is 0 Å². The monoisotopic (exact) mass is 343 g/mol. The van der Waals surface area contributed by atoms with Crippen molar-refractivity contribution in [3.63, 3.8) is 0 Å². The Morgan fingerprint density at radius 3 is 2.15 bits per heavy atom. The van der Waals surface area contributed by atoms with Gasteiger partial charge in [0, 0.05) is 11.1 Å². The molecule has 0 saturated carbocycles. The second kappa shape index (κ2) is 9.40. The van der Waals surface area contributed by atoms with E-state index in [1.165, 1.54) is 17.7 Å². The van der Waals surface area contributed by atoms with Crippen LogP contribution in [-0.4, -0.2) is 0 Å². The van der Waals surface area contributed by atoms with Crippen LogP contribution in [0.4, 0.5) is 4.39 Å². The lowest BCUT2D eigenvalue weighted by atomic mass is 9.99. The highest BCUT2D eigenvalue weighted by molar-refractivity contribution is 5.65. The first-order valence-electron chi connectivity index (χ1n) is 8.84. The van der Waals surface area contributed by atoms with E-state index in [1.54, 1.807) is 6.07 Å². The molecule has 0 radical (unpaired) electrons. The molecule has 0 spiro atoms. The van der Waals surface area contributed by atoms with Gasteiger partial charge >= 0.3 is 0 Å². The van der Waals surface area contributed by atoms with Gasteiger partial charge in [0.1, 0.15) is 11.9 Å². The average molecular weight is 343 g/mol. The summed E-state index contributed by atoms with van der Waals surface area (Å²) in [6.45, 7) is 6.13. The summed E-state index contributed by atoms with van der Waals surface area (Å²) < 4.78 is 13.7. The Labute approximate surface area is 155 Å². The van der Waals surface area contributed by atoms with E-state index in [2.05, 4.69) is 30.9 Å². The van der Waals surface area contributed by atoms with Gasteiger partial charge in [-0.25, -0.2) is 4.39 Å². The van der Waals surface area contributed by atoms with Gasteiger partial charge in [-0.3, -0.25) is 0 Å². The van der Waals surface area contributed by atoms with Crippen LogP contribution >= 0.6 is 0 Å². The van der Waals surface area contributed by atoms with Crippen molar-refractivity contribution in [2.75, 3.05) is 0 Å². The number of hydrogen-bond acceptors (Lipinski definition) is 1. The van der Waals surface area contributed by atoms with Gasteiger partial charge in [-0.2, -0.15) is 5.26 Å². The molecule has 2 aromatic carbocycles. The van der Waals surface area contributed by atoms with Gasteiger partial charge < -0.3 is 0 Å². The van der Waals surface area contributed by atoms with Crippen molar-refractivity contribution in [3.8, 4) is 29.0 Å². The van der Waals surface area contributed by atoms with E-state index in [9.17, 15) is 4.39 Å². The summed E-state index contributed by atoms with van der Waals surface area (Å²) in [5.41, 5.74) is 5.19. The molecule has 1 aliphatic carbocycles. The predicted octanol–water partition coefficient (Wildman–Crippen LogP) is 6.41. The van der Waals surface area contributed by atoms with Gasteiger partial charge in [-0.05, 0) is 55.2 Å². The first-order valence-corrected chi connectivity index (χ1v) is 8.84. The number of nitrogens with zero attached hydrogens (tertiary/aromatic N) is 1. The topological polar surface area (TPSA) is 23.8 Å². The molecule has 0 aromatic heterocycles. The first-order chi connectivity index (χ1) is 12.7. The Morgan fingerprint density at radius 1 is 0.885 bits per heavy atom. The fraction of sp³-hybridized carbons (Fsp3) is 0.208. The largest absolute Gasteiger partial charge is 0.206 e. The Kier molecular flexibility index (Phi) is 6.95. The minimum Gasteiger partial charge on any atom is -0.206 e. The van der Waals surface area contributed by atoms with Gasteiger partial charge in [0.25, 0.3) is 0 Å². The zero-order chi connectivity index (χ0) is 18.9. The predicted molar refractivity (Wildman–Crippen MR) is 106 cm³/mol. The fourth-order valence-electron chi connectivity index (χ4n) is 2.53. The highest BCUT2D eigenvalue weighted by Crippen LogP contribution is 2.22. The van der Waals surface area contributed by atoms with E-state index in [4.69, 9.17) is 5.26 Å². The zero-order valence-corrected chi connectivity index (χ0v) is 15.4. The lowest BCUT2D eigenvalue weighted by Crippen LogP contribution is -1.88. The number of benzene rings is 2. The normalized spacial score (nSPS) is 12.4. The standard InChI is InChI=1S/C22H16FN.C2H6/c1-16-2-4-17(5-3-16)6-7-18-8-10-19(11-9-18)20-12-13-21(15-24)22(23)14-20;1-2/h2,4,8-14H,3,5H2,1H3;1-2H3. The molecule has 0 bridgehead atoms. The first kappa shape index (κ1) is 19.2. The second-order valence-corrected chi connectivity index (χ2v) is 5.84. The van der Waals surface area contributed by atoms with Crippen LogP contribution in [0, 0.1) is 29.0 Å². The van der Waals surface area contributed by atoms with E-state index in [1.807, 2.05) is 44.2 Å². The molecule has 130 valence electrons. The minimum absolute atomic E-state index is 0.0614. The van der Waals surface area contributed by atoms with E-state index < -0.39 is 5.82 Å². The van der Waals surface area contributed by atoms with Crippen LogP contribution in [0.2, 0.25) is 0 Å². The van der Waals surface area contributed by atoms with Crippen molar-refractivity contribution < 1.29 is 4.39 Å². The van der Waals surface area contributed by atoms with Crippen molar-refractivity contribution in [1.82, 2.24) is 0 Å². The van der Waals surface area contributed by atoms with Crippen molar-refractivity contribution in [1.29, 1.82) is 5.26 Å². The molecular formula is C24H22FN. The summed E-state index contributed by atoms with van der Waals surface area (Å²) in [6.07, 6.45) is 6.28. The summed E-state index contributed by atoms with van der Waals surface area (Å²) in [7, 11) is 0. The van der Waals surface area contributed by atoms with E-state index in [0.29, 0.717) is 0 Å². The molecule has 1 nitrogen and oxygen atoms in total. The number of hydrogen-bond donors (Lipinski definition) is 0. The maximum absolute atomic E-state index is 13.7. The van der Waals surface area contributed by atoms with Gasteiger partial charge in [0.15, 0.2) is 0 Å². The smallest absolute Gasteiger partial charge is 0.141 e. The van der Waals surface area contributed by atoms with Crippen LogP contribution < -0.4 is 0 Å². The van der Waals surface area contributed by atoms with Crippen LogP contribution in [0.25, 0.3) is 11.1 Å². The highest BCUT2D eigenvalue weighted by Gasteiger charge is 2.04. The van der Waals surface area contributed by atoms with Gasteiger partial charge in [-0.15, -0.1) is 0 Å². The Morgan fingerprint density at radius 2 is 1.58 bits per heavy atom. The van der Waals surface area contributed by atoms with Gasteiger partial charge in [0.05, 0.1) is 5.56 Å². The van der Waals surface area contributed by atoms with Gasteiger partial charge in [-0.1, -0.05) is 61.6 Å². The van der Waals surface area contributed by atoms with Crippen molar-refractivity contribution in [3.05, 3.63) is 82.7 Å². The van der Waals surface area contributed by atoms with Crippen LogP contribution in [-0.2, 0) is 0 Å². The molecule has 0 saturated heterocycles.